The summed E-state index contributed by atoms with van der Waals surface area (Å²) in [7, 11) is 1.84. The Bertz CT molecular complexity index is 1210. The highest BCUT2D eigenvalue weighted by molar-refractivity contribution is 5.65. The number of alkyl halides is 2. The molecule has 160 valence electrons. The van der Waals surface area contributed by atoms with E-state index in [1.54, 1.807) is 29.8 Å². The highest BCUT2D eigenvalue weighted by Gasteiger charge is 2.20. The monoisotopic (exact) mass is 426 g/mol. The normalized spacial score (nSPS) is 11.5. The van der Waals surface area contributed by atoms with Crippen LogP contribution in [-0.4, -0.2) is 29.5 Å². The second-order valence-electron chi connectivity index (χ2n) is 7.23. The molecule has 0 radical (unpaired) electrons. The Hall–Kier alpha value is -3.49. The molecule has 0 saturated heterocycles. The lowest BCUT2D eigenvalue weighted by atomic mass is 10.0. The molecular weight excluding hydrogens is 405 g/mol. The molecule has 1 aromatic carbocycles. The minimum atomic E-state index is -2.67. The molecule has 0 amide bonds. The third kappa shape index (κ3) is 4.08. The van der Waals surface area contributed by atoms with E-state index in [1.165, 1.54) is 24.5 Å². The molecule has 3 aromatic heterocycles. The number of aryl methyl sites for hydroxylation is 2. The van der Waals surface area contributed by atoms with Gasteiger partial charge in [0.05, 0.1) is 22.8 Å². The molecule has 0 aliphatic heterocycles. The molecule has 0 fully saturated rings. The van der Waals surface area contributed by atoms with E-state index in [1.807, 2.05) is 14.0 Å². The summed E-state index contributed by atoms with van der Waals surface area (Å²) in [5.74, 6) is -0.0177. The zero-order chi connectivity index (χ0) is 22.1. The first-order valence-corrected chi connectivity index (χ1v) is 9.84. The highest BCUT2D eigenvalue weighted by atomic mass is 19.3. The summed E-state index contributed by atoms with van der Waals surface area (Å²) >= 11 is 0. The van der Waals surface area contributed by atoms with E-state index in [-0.39, 0.29) is 17.3 Å². The van der Waals surface area contributed by atoms with Crippen molar-refractivity contribution in [3.8, 4) is 17.1 Å². The number of hydrogen-bond donors (Lipinski definition) is 0. The van der Waals surface area contributed by atoms with Crippen LogP contribution in [0.15, 0.2) is 42.7 Å². The molecule has 0 N–H and O–H groups in total. The van der Waals surface area contributed by atoms with Gasteiger partial charge < -0.3 is 0 Å². The number of halogens is 3. The third-order valence-electron chi connectivity index (χ3n) is 5.06. The molecule has 0 atom stereocenters. The molecule has 0 spiro atoms. The van der Waals surface area contributed by atoms with E-state index < -0.39 is 6.43 Å². The van der Waals surface area contributed by atoms with E-state index in [9.17, 15) is 13.2 Å². The average Bonchev–Trinajstić information content (AvgIpc) is 3.28. The molecule has 0 unspecified atom stereocenters. The summed E-state index contributed by atoms with van der Waals surface area (Å²) in [6.45, 7) is 3.68. The minimum Gasteiger partial charge on any atom is -0.267 e. The average molecular weight is 426 g/mol. The maximum Gasteiger partial charge on any atom is 0.280 e. The number of hydrogen-bond acceptors (Lipinski definition) is 4. The van der Waals surface area contributed by atoms with Gasteiger partial charge in [0.1, 0.15) is 17.8 Å². The van der Waals surface area contributed by atoms with Gasteiger partial charge in [-0.2, -0.15) is 10.2 Å². The lowest BCUT2D eigenvalue weighted by molar-refractivity contribution is 0.142. The van der Waals surface area contributed by atoms with E-state index in [0.717, 1.165) is 33.6 Å². The van der Waals surface area contributed by atoms with Crippen molar-refractivity contribution in [3.05, 3.63) is 76.9 Å². The van der Waals surface area contributed by atoms with Crippen molar-refractivity contribution in [2.75, 3.05) is 0 Å². The predicted molar refractivity (Wildman–Crippen MR) is 110 cm³/mol. The molecular formula is C22H21F3N6. The molecule has 0 aliphatic carbocycles. The largest absolute Gasteiger partial charge is 0.280 e. The summed E-state index contributed by atoms with van der Waals surface area (Å²) in [6, 6.07) is 9.28. The first-order chi connectivity index (χ1) is 14.9. The second kappa shape index (κ2) is 8.33. The van der Waals surface area contributed by atoms with Crippen LogP contribution >= 0.6 is 0 Å². The first-order valence-electron chi connectivity index (χ1n) is 9.84. The van der Waals surface area contributed by atoms with Crippen LogP contribution in [-0.2, 0) is 19.9 Å². The van der Waals surface area contributed by atoms with Crippen LogP contribution in [0.2, 0.25) is 0 Å². The van der Waals surface area contributed by atoms with Crippen LogP contribution in [0, 0.1) is 12.7 Å². The van der Waals surface area contributed by atoms with Crippen molar-refractivity contribution in [1.29, 1.82) is 0 Å². The molecule has 4 aromatic rings. The summed E-state index contributed by atoms with van der Waals surface area (Å²) < 4.78 is 43.0. The molecule has 0 saturated carbocycles. The van der Waals surface area contributed by atoms with Crippen molar-refractivity contribution in [2.24, 2.45) is 7.05 Å². The Balaban J connectivity index is 1.70. The van der Waals surface area contributed by atoms with Gasteiger partial charge in [-0.15, -0.1) is 0 Å². The molecule has 31 heavy (non-hydrogen) atoms. The van der Waals surface area contributed by atoms with E-state index >= 15 is 0 Å². The van der Waals surface area contributed by atoms with Crippen molar-refractivity contribution >= 4 is 0 Å². The van der Waals surface area contributed by atoms with Gasteiger partial charge in [0, 0.05) is 30.7 Å². The Labute approximate surface area is 177 Å². The fourth-order valence-corrected chi connectivity index (χ4v) is 3.73. The molecule has 0 aliphatic rings. The fourth-order valence-electron chi connectivity index (χ4n) is 3.73. The van der Waals surface area contributed by atoms with Gasteiger partial charge in [-0.3, -0.25) is 4.68 Å². The highest BCUT2D eigenvalue weighted by Crippen LogP contribution is 2.28. The van der Waals surface area contributed by atoms with Gasteiger partial charge in [0.2, 0.25) is 0 Å². The van der Waals surface area contributed by atoms with E-state index in [2.05, 4.69) is 20.2 Å². The molecule has 6 nitrogen and oxygen atoms in total. The Morgan fingerprint density at radius 1 is 1.03 bits per heavy atom. The van der Waals surface area contributed by atoms with Crippen LogP contribution in [0.3, 0.4) is 0 Å². The van der Waals surface area contributed by atoms with Gasteiger partial charge in [-0.25, -0.2) is 27.8 Å². The smallest absolute Gasteiger partial charge is 0.267 e. The molecule has 3 heterocycles. The Morgan fingerprint density at radius 2 is 1.77 bits per heavy atom. The third-order valence-corrected chi connectivity index (χ3v) is 5.06. The van der Waals surface area contributed by atoms with Gasteiger partial charge >= 0.3 is 0 Å². The van der Waals surface area contributed by atoms with E-state index in [4.69, 9.17) is 0 Å². The zero-order valence-electron chi connectivity index (χ0n) is 17.4. The van der Waals surface area contributed by atoms with Crippen LogP contribution in [0.25, 0.3) is 17.1 Å². The summed E-state index contributed by atoms with van der Waals surface area (Å²) in [5, 5.41) is 8.79. The molecule has 0 bridgehead atoms. The summed E-state index contributed by atoms with van der Waals surface area (Å²) in [5.41, 5.74) is 4.53. The number of aromatic nitrogens is 6. The van der Waals surface area contributed by atoms with E-state index in [0.29, 0.717) is 17.8 Å². The lowest BCUT2D eigenvalue weighted by Crippen LogP contribution is -2.07. The summed E-state index contributed by atoms with van der Waals surface area (Å²) in [4.78, 5) is 8.43. The SMILES string of the molecule is CCc1c(Cc2cc(-n3nc(C)cc3C(F)F)ncn2)nn(C)c1-c1ccc(F)cc1. The van der Waals surface area contributed by atoms with Crippen LogP contribution in [0.4, 0.5) is 13.2 Å². The lowest BCUT2D eigenvalue weighted by Gasteiger charge is -2.08. The molecule has 4 rings (SSSR count). The Kier molecular flexibility index (Phi) is 5.58. The van der Waals surface area contributed by atoms with Gasteiger partial charge in [0.25, 0.3) is 6.43 Å². The van der Waals surface area contributed by atoms with Gasteiger partial charge in [-0.05, 0) is 43.7 Å². The number of rotatable bonds is 6. The van der Waals surface area contributed by atoms with Crippen LogP contribution < -0.4 is 0 Å². The topological polar surface area (TPSA) is 61.4 Å². The first kappa shape index (κ1) is 20.8. The maximum atomic E-state index is 13.4. The quantitative estimate of drug-likeness (QED) is 0.452. The van der Waals surface area contributed by atoms with Gasteiger partial charge in [0.15, 0.2) is 5.82 Å². The van der Waals surface area contributed by atoms with Crippen molar-refractivity contribution in [1.82, 2.24) is 29.5 Å². The van der Waals surface area contributed by atoms with Crippen LogP contribution in [0.1, 0.15) is 41.7 Å². The number of benzene rings is 1. The van der Waals surface area contributed by atoms with Crippen LogP contribution in [0.5, 0.6) is 0 Å². The maximum absolute atomic E-state index is 13.4. The van der Waals surface area contributed by atoms with Crippen molar-refractivity contribution < 1.29 is 13.2 Å². The van der Waals surface area contributed by atoms with Crippen molar-refractivity contribution in [3.63, 3.8) is 0 Å². The predicted octanol–water partition coefficient (Wildman–Crippen LogP) is 4.60. The minimum absolute atomic E-state index is 0.215. The fraction of sp³-hybridized carbons (Fsp3) is 0.273. The standard InChI is InChI=1S/C22H21F3N6/c1-4-17-18(29-30(3)21(17)14-5-7-15(23)8-6-14)10-16-11-20(27-12-26-16)31-19(22(24)25)9-13(2)28-31/h5-9,11-12,22H,4,10H2,1-3H3. The van der Waals surface area contributed by atoms with Gasteiger partial charge in [-0.1, -0.05) is 6.92 Å². The zero-order valence-corrected chi connectivity index (χ0v) is 17.4. The van der Waals surface area contributed by atoms with Crippen molar-refractivity contribution in [2.45, 2.75) is 33.1 Å². The second-order valence-corrected chi connectivity index (χ2v) is 7.23. The summed E-state index contributed by atoms with van der Waals surface area (Å²) in [6.07, 6.45) is -0.202. The molecule has 9 heteroatoms. The number of nitrogens with zero attached hydrogens (tertiary/aromatic N) is 6. The Morgan fingerprint density at radius 3 is 2.45 bits per heavy atom.